The van der Waals surface area contributed by atoms with E-state index in [9.17, 15) is 4.21 Å². The highest BCUT2D eigenvalue weighted by Gasteiger charge is 1.78. The fourth-order valence-electron chi connectivity index (χ4n) is 0. The summed E-state index contributed by atoms with van der Waals surface area (Å²) in [7, 11) is -0.611. The lowest BCUT2D eigenvalue weighted by Gasteiger charge is -1.69. The van der Waals surface area contributed by atoms with E-state index in [4.69, 9.17) is 34.8 Å². The van der Waals surface area contributed by atoms with E-state index in [1.165, 1.54) is 0 Å². The Morgan fingerprint density at radius 1 is 1.25 bits per heavy atom. The number of hydrogen-bond donors (Lipinski definition) is 0. The van der Waals surface area contributed by atoms with Gasteiger partial charge in [-0.2, -0.15) is 0 Å². The van der Waals surface area contributed by atoms with E-state index >= 15 is 0 Å². The van der Waals surface area contributed by atoms with Crippen molar-refractivity contribution in [2.45, 2.75) is 4.30 Å². The fourth-order valence-corrected chi connectivity index (χ4v) is 0. The minimum atomic E-state index is -0.750. The van der Waals surface area contributed by atoms with Gasteiger partial charge in [0.1, 0.15) is 0 Å². The van der Waals surface area contributed by atoms with Gasteiger partial charge in [-0.3, -0.25) is 4.21 Å². The summed E-state index contributed by atoms with van der Waals surface area (Å²) in [6, 6.07) is 0. The first-order valence-corrected chi connectivity index (χ1v) is 4.91. The third-order valence-corrected chi connectivity index (χ3v) is 0. The third-order valence-electron chi connectivity index (χ3n) is 0. The van der Waals surface area contributed by atoms with E-state index in [1.807, 2.05) is 0 Å². The van der Waals surface area contributed by atoms with Crippen molar-refractivity contribution >= 4 is 45.6 Å². The maximum absolute atomic E-state index is 9.56. The molecule has 5 heteroatoms. The molecule has 0 saturated heterocycles. The number of halogens is 3. The average Bonchev–Trinajstić information content (AvgIpc) is 1.25. The van der Waals surface area contributed by atoms with Gasteiger partial charge in [0.2, 0.25) is 0 Å². The Balaban J connectivity index is 0. The molecule has 0 rings (SSSR count). The summed E-state index contributed by atoms with van der Waals surface area (Å²) in [6.45, 7) is 0. The van der Waals surface area contributed by atoms with Crippen molar-refractivity contribution in [2.75, 3.05) is 12.5 Å². The van der Waals surface area contributed by atoms with E-state index in [0.29, 0.717) is 0 Å². The van der Waals surface area contributed by atoms with Crippen LogP contribution >= 0.6 is 34.8 Å². The largest absolute Gasteiger partial charge is 0.260 e. The second-order valence-electron chi connectivity index (χ2n) is 0.989. The smallest absolute Gasteiger partial charge is 0.180 e. The zero-order chi connectivity index (χ0) is 7.15. The Labute approximate surface area is 66.8 Å². The lowest BCUT2D eigenvalue weighted by atomic mass is 11.9. The van der Waals surface area contributed by atoms with Gasteiger partial charge in [-0.1, -0.05) is 34.8 Å². The number of alkyl halides is 3. The first-order valence-electron chi connectivity index (χ1n) is 1.64. The molecule has 0 spiro atoms. The Bertz CT molecular complexity index is 58.8. The minimum Gasteiger partial charge on any atom is -0.260 e. The van der Waals surface area contributed by atoms with Gasteiger partial charge in [0.15, 0.2) is 4.30 Å². The van der Waals surface area contributed by atoms with Crippen molar-refractivity contribution in [2.24, 2.45) is 0 Å². The summed E-state index contributed by atoms with van der Waals surface area (Å²) < 4.78 is 8.81. The molecule has 0 radical (unpaired) electrons. The zero-order valence-electron chi connectivity index (χ0n) is 4.53. The molecule has 0 N–H and O–H groups in total. The highest BCUT2D eigenvalue weighted by Crippen LogP contribution is 2.03. The Kier molecular flexibility index (Phi) is 11.8. The zero-order valence-corrected chi connectivity index (χ0v) is 7.61. The van der Waals surface area contributed by atoms with E-state index < -0.39 is 15.1 Å². The SMILES string of the molecule is CS(C)=O.ClC(Cl)Cl. The van der Waals surface area contributed by atoms with Crippen LogP contribution in [0.1, 0.15) is 0 Å². The Morgan fingerprint density at radius 3 is 1.25 bits per heavy atom. The summed E-state index contributed by atoms with van der Waals surface area (Å²) in [5.41, 5.74) is 0. The summed E-state index contributed by atoms with van der Waals surface area (Å²) in [5, 5.41) is 0. The van der Waals surface area contributed by atoms with Gasteiger partial charge in [-0.15, -0.1) is 0 Å². The molecule has 0 heterocycles. The third kappa shape index (κ3) is 245. The second-order valence-corrected chi connectivity index (χ2v) is 4.45. The van der Waals surface area contributed by atoms with Crippen molar-refractivity contribution in [3.8, 4) is 0 Å². The number of rotatable bonds is 0. The van der Waals surface area contributed by atoms with Gasteiger partial charge in [-0.25, -0.2) is 0 Å². The van der Waals surface area contributed by atoms with Crippen LogP contribution < -0.4 is 0 Å². The molecule has 0 atom stereocenters. The van der Waals surface area contributed by atoms with Crippen molar-refractivity contribution in [3.63, 3.8) is 0 Å². The van der Waals surface area contributed by atoms with E-state index in [1.54, 1.807) is 12.5 Å². The van der Waals surface area contributed by atoms with E-state index in [-0.39, 0.29) is 0 Å². The molecule has 0 unspecified atom stereocenters. The quantitative estimate of drug-likeness (QED) is 0.543. The highest BCUT2D eigenvalue weighted by atomic mass is 35.6. The van der Waals surface area contributed by atoms with Crippen molar-refractivity contribution < 1.29 is 4.21 Å². The fraction of sp³-hybridized carbons (Fsp3) is 1.00. The summed E-state index contributed by atoms with van der Waals surface area (Å²) in [6.07, 6.45) is 3.28. The summed E-state index contributed by atoms with van der Waals surface area (Å²) in [4.78, 5) is 0. The molecule has 0 saturated carbocycles. The predicted molar refractivity (Wildman–Crippen MR) is 41.3 cm³/mol. The maximum atomic E-state index is 9.56. The molecule has 0 bridgehead atoms. The Hall–Kier alpha value is 1.02. The summed E-state index contributed by atoms with van der Waals surface area (Å²) in [5.74, 6) is 0. The highest BCUT2D eigenvalue weighted by molar-refractivity contribution is 7.83. The first kappa shape index (κ1) is 11.8. The molecule has 0 aromatic heterocycles. The van der Waals surface area contributed by atoms with Gasteiger partial charge in [0.05, 0.1) is 0 Å². The molecule has 0 aliphatic heterocycles. The molecular formula is C3H7Cl3OS. The molecule has 0 amide bonds. The lowest BCUT2D eigenvalue weighted by Crippen LogP contribution is -1.70. The van der Waals surface area contributed by atoms with Crippen LogP contribution in [0, 0.1) is 0 Å². The standard InChI is InChI=1S/C2H6OS.CHCl3/c1-4(2)3;2-1(3)4/h1-2H3;1H. The van der Waals surface area contributed by atoms with Crippen molar-refractivity contribution in [3.05, 3.63) is 0 Å². The lowest BCUT2D eigenvalue weighted by molar-refractivity contribution is 0.690. The van der Waals surface area contributed by atoms with Crippen LogP contribution in [0.3, 0.4) is 0 Å². The van der Waals surface area contributed by atoms with E-state index in [2.05, 4.69) is 0 Å². The van der Waals surface area contributed by atoms with Gasteiger partial charge in [0, 0.05) is 23.3 Å². The average molecular weight is 198 g/mol. The van der Waals surface area contributed by atoms with Crippen LogP contribution in [-0.2, 0) is 10.8 Å². The van der Waals surface area contributed by atoms with Gasteiger partial charge in [-0.05, 0) is 0 Å². The molecule has 8 heavy (non-hydrogen) atoms. The normalized spacial score (nSPS) is 8.88. The molecule has 1 nitrogen and oxygen atoms in total. The Morgan fingerprint density at radius 2 is 1.25 bits per heavy atom. The molecular weight excluding hydrogens is 190 g/mol. The topological polar surface area (TPSA) is 17.1 Å². The van der Waals surface area contributed by atoms with Crippen LogP contribution in [0.4, 0.5) is 0 Å². The van der Waals surface area contributed by atoms with Gasteiger partial charge in [0.25, 0.3) is 0 Å². The predicted octanol–water partition coefficient (Wildman–Crippen LogP) is 1.98. The van der Waals surface area contributed by atoms with Crippen molar-refractivity contribution in [1.29, 1.82) is 0 Å². The van der Waals surface area contributed by atoms with E-state index in [0.717, 1.165) is 0 Å². The molecule has 52 valence electrons. The monoisotopic (exact) mass is 196 g/mol. The molecule has 0 fully saturated rings. The molecule has 0 aromatic rings. The maximum Gasteiger partial charge on any atom is 0.180 e. The van der Waals surface area contributed by atoms with Gasteiger partial charge >= 0.3 is 0 Å². The minimum absolute atomic E-state index is 0.611. The van der Waals surface area contributed by atoms with Crippen LogP contribution in [0.15, 0.2) is 0 Å². The van der Waals surface area contributed by atoms with Crippen molar-refractivity contribution in [1.82, 2.24) is 0 Å². The first-order chi connectivity index (χ1) is 3.46. The van der Waals surface area contributed by atoms with Crippen LogP contribution in [-0.4, -0.2) is 21.0 Å². The van der Waals surface area contributed by atoms with Crippen LogP contribution in [0.2, 0.25) is 0 Å². The molecule has 0 aromatic carbocycles. The second kappa shape index (κ2) is 8.02. The van der Waals surface area contributed by atoms with Gasteiger partial charge < -0.3 is 0 Å². The molecule has 0 aliphatic rings. The molecule has 0 aliphatic carbocycles. The summed E-state index contributed by atoms with van der Waals surface area (Å²) >= 11 is 14.4. The number of hydrogen-bond acceptors (Lipinski definition) is 1. The van der Waals surface area contributed by atoms with Crippen LogP contribution in [0.25, 0.3) is 0 Å². The van der Waals surface area contributed by atoms with Crippen LogP contribution in [0.5, 0.6) is 0 Å².